The van der Waals surface area contributed by atoms with E-state index in [2.05, 4.69) is 33.8 Å². The summed E-state index contributed by atoms with van der Waals surface area (Å²) >= 11 is 0. The smallest absolute Gasteiger partial charge is 0.316 e. The molecule has 5 aliphatic heterocycles. The number of carbonyl (C=O) groups excluding carboxylic acids is 1. The van der Waals surface area contributed by atoms with Gasteiger partial charge in [0, 0.05) is 38.7 Å². The van der Waals surface area contributed by atoms with Gasteiger partial charge in [0.25, 0.3) is 0 Å². The number of hydrogen-bond donors (Lipinski definition) is 3. The summed E-state index contributed by atoms with van der Waals surface area (Å²) in [6.45, 7) is 14.3. The highest BCUT2D eigenvalue weighted by atomic mass is 16.7. The Hall–Kier alpha value is -1.93. The van der Waals surface area contributed by atoms with Gasteiger partial charge >= 0.3 is 5.97 Å². The topological polar surface area (TPSA) is 142 Å². The second kappa shape index (κ2) is 16.0. The number of esters is 1. The molecule has 3 N–H and O–H groups in total. The maximum Gasteiger partial charge on any atom is 0.316 e. The molecule has 292 valence electrons. The van der Waals surface area contributed by atoms with Crippen LogP contribution in [0.15, 0.2) is 47.1 Å². The Morgan fingerprint density at radius 3 is 2.58 bits per heavy atom. The predicted molar refractivity (Wildman–Crippen MR) is 193 cm³/mol. The Kier molecular flexibility index (Phi) is 12.3. The Labute approximate surface area is 309 Å². The molecule has 0 amide bonds. The Balaban J connectivity index is 1.37. The minimum atomic E-state index is -1.80. The number of methoxy groups -OCH3 is 1. The normalized spacial score (nSPS) is 46.5. The summed E-state index contributed by atoms with van der Waals surface area (Å²) in [6.07, 6.45) is 8.24. The standard InChI is InChI=1S/C41H62O11/c1-9-22(2)37-25(5)15-16-40(52-37)20-30-18-29(51-40)14-13-24(4)36(50-33-19-32(46-8)35(43)27(7)48-33)23(3)11-10-12-28-21-47-38-34(42)26(6)17-31(39(44)49-30)41(28,38)45/h10-13,17,22-23,25,27,29-38,42-43,45H,9,14-16,18-21H2,1-8H3/t22-,23-,25-,27-,29+,30-,31-,32-,33-,34+,35-,36-,37+,38+,40+,41+/m0/s1. The van der Waals surface area contributed by atoms with Crippen LogP contribution >= 0.6 is 0 Å². The third-order valence-electron chi connectivity index (χ3n) is 12.7. The van der Waals surface area contributed by atoms with E-state index in [1.807, 2.05) is 26.0 Å². The molecule has 6 aliphatic rings. The zero-order chi connectivity index (χ0) is 37.5. The monoisotopic (exact) mass is 730 g/mol. The van der Waals surface area contributed by atoms with Crippen molar-refractivity contribution in [3.8, 4) is 0 Å². The van der Waals surface area contributed by atoms with E-state index in [1.54, 1.807) is 26.2 Å². The first-order valence-corrected chi connectivity index (χ1v) is 19.5. The lowest BCUT2D eigenvalue weighted by Gasteiger charge is -2.51. The van der Waals surface area contributed by atoms with E-state index in [0.717, 1.165) is 18.4 Å². The summed E-state index contributed by atoms with van der Waals surface area (Å²) < 4.78 is 44.6. The minimum absolute atomic E-state index is 0.0111. The van der Waals surface area contributed by atoms with Crippen LogP contribution in [0.3, 0.4) is 0 Å². The molecule has 0 saturated carbocycles. The van der Waals surface area contributed by atoms with Gasteiger partial charge in [0.2, 0.25) is 0 Å². The van der Waals surface area contributed by atoms with E-state index < -0.39 is 72.3 Å². The van der Waals surface area contributed by atoms with Gasteiger partial charge in [0.1, 0.15) is 35.9 Å². The zero-order valence-corrected chi connectivity index (χ0v) is 32.2. The largest absolute Gasteiger partial charge is 0.462 e. The predicted octanol–water partition coefficient (Wildman–Crippen LogP) is 5.07. The van der Waals surface area contributed by atoms with Gasteiger partial charge in [-0.25, -0.2) is 0 Å². The van der Waals surface area contributed by atoms with Gasteiger partial charge in [-0.3, -0.25) is 4.79 Å². The fraction of sp³-hybridized carbons (Fsp3) is 0.780. The molecule has 52 heavy (non-hydrogen) atoms. The van der Waals surface area contributed by atoms with Crippen LogP contribution in [-0.2, 0) is 38.0 Å². The quantitative estimate of drug-likeness (QED) is 0.258. The third-order valence-corrected chi connectivity index (χ3v) is 12.7. The van der Waals surface area contributed by atoms with Crippen LogP contribution in [0.5, 0.6) is 0 Å². The molecule has 4 saturated heterocycles. The van der Waals surface area contributed by atoms with Crippen LogP contribution in [0.2, 0.25) is 0 Å². The lowest BCUT2D eigenvalue weighted by atomic mass is 9.71. The molecule has 0 aromatic heterocycles. The van der Waals surface area contributed by atoms with E-state index in [1.165, 1.54) is 0 Å². The van der Waals surface area contributed by atoms with Crippen molar-refractivity contribution in [3.63, 3.8) is 0 Å². The molecule has 0 radical (unpaired) electrons. The number of hydrogen-bond acceptors (Lipinski definition) is 11. The van der Waals surface area contributed by atoms with Crippen LogP contribution in [0, 0.1) is 23.7 Å². The van der Waals surface area contributed by atoms with Gasteiger partial charge in [0.15, 0.2) is 12.1 Å². The lowest BCUT2D eigenvalue weighted by molar-refractivity contribution is -0.340. The molecule has 11 nitrogen and oxygen atoms in total. The minimum Gasteiger partial charge on any atom is -0.462 e. The highest BCUT2D eigenvalue weighted by Crippen LogP contribution is 2.48. The summed E-state index contributed by atoms with van der Waals surface area (Å²) in [5.41, 5.74) is 0.238. The van der Waals surface area contributed by atoms with Gasteiger partial charge in [0.05, 0.1) is 37.1 Å². The molecule has 4 fully saturated rings. The molecule has 0 unspecified atom stereocenters. The van der Waals surface area contributed by atoms with Crippen molar-refractivity contribution in [1.29, 1.82) is 0 Å². The number of allylic oxidation sites excluding steroid dienone is 2. The molecule has 0 aromatic rings. The molecular formula is C41H62O11. The van der Waals surface area contributed by atoms with Crippen molar-refractivity contribution >= 4 is 5.97 Å². The Bertz CT molecular complexity index is 1400. The first-order chi connectivity index (χ1) is 24.7. The number of ether oxygens (including phenoxy) is 7. The molecule has 11 heteroatoms. The van der Waals surface area contributed by atoms with Crippen molar-refractivity contribution in [2.24, 2.45) is 23.7 Å². The first-order valence-electron chi connectivity index (χ1n) is 19.5. The summed E-state index contributed by atoms with van der Waals surface area (Å²) in [7, 11) is 1.58. The molecule has 1 spiro atoms. The van der Waals surface area contributed by atoms with Crippen molar-refractivity contribution in [3.05, 3.63) is 47.1 Å². The number of aliphatic hydroxyl groups excluding tert-OH is 2. The average molecular weight is 731 g/mol. The number of rotatable bonds is 5. The van der Waals surface area contributed by atoms with E-state index in [-0.39, 0.29) is 24.7 Å². The van der Waals surface area contributed by atoms with Crippen LogP contribution in [-0.4, -0.2) is 108 Å². The molecule has 1 aliphatic carbocycles. The second-order valence-electron chi connectivity index (χ2n) is 16.5. The van der Waals surface area contributed by atoms with E-state index in [0.29, 0.717) is 55.1 Å². The van der Waals surface area contributed by atoms with Crippen LogP contribution < -0.4 is 0 Å². The zero-order valence-electron chi connectivity index (χ0n) is 32.2. The van der Waals surface area contributed by atoms with Crippen molar-refractivity contribution in [2.75, 3.05) is 13.7 Å². The highest BCUT2D eigenvalue weighted by molar-refractivity contribution is 5.78. The lowest BCUT2D eigenvalue weighted by Crippen LogP contribution is -2.58. The number of aliphatic hydroxyl groups is 3. The molecular weight excluding hydrogens is 668 g/mol. The van der Waals surface area contributed by atoms with Crippen LogP contribution in [0.25, 0.3) is 0 Å². The van der Waals surface area contributed by atoms with E-state index in [9.17, 15) is 20.1 Å². The Morgan fingerprint density at radius 1 is 1.08 bits per heavy atom. The molecule has 0 aromatic carbocycles. The maximum absolute atomic E-state index is 14.2. The van der Waals surface area contributed by atoms with E-state index in [4.69, 9.17) is 33.2 Å². The SMILES string of the molecule is CC[C@H](C)[C@H]1O[C@]2(CC[C@@H]1C)C[C@@H]1C[C@@H](CC=C(C)[C@@H](O[C@H]3C[C@H](OC)[C@@H](O)[C@H](C)O3)[C@@H](C)C=CC=C3CO[C@@H]4[C@H](O)C(C)=C[C@@H](C(=O)O1)[C@]34O)O2. The van der Waals surface area contributed by atoms with Gasteiger partial charge < -0.3 is 48.5 Å². The van der Waals surface area contributed by atoms with Gasteiger partial charge in [-0.1, -0.05) is 64.5 Å². The summed E-state index contributed by atoms with van der Waals surface area (Å²) in [4.78, 5) is 14.2. The van der Waals surface area contributed by atoms with Crippen LogP contribution in [0.4, 0.5) is 0 Å². The summed E-state index contributed by atoms with van der Waals surface area (Å²) in [6, 6.07) is 0. The summed E-state index contributed by atoms with van der Waals surface area (Å²) in [5, 5.41) is 34.1. The molecule has 2 bridgehead atoms. The van der Waals surface area contributed by atoms with Gasteiger partial charge in [-0.15, -0.1) is 0 Å². The summed E-state index contributed by atoms with van der Waals surface area (Å²) in [5.74, 6) is -1.98. The van der Waals surface area contributed by atoms with Crippen molar-refractivity contribution in [1.82, 2.24) is 0 Å². The van der Waals surface area contributed by atoms with Gasteiger partial charge in [-0.2, -0.15) is 0 Å². The second-order valence-corrected chi connectivity index (χ2v) is 16.5. The third kappa shape index (κ3) is 7.77. The fourth-order valence-corrected chi connectivity index (χ4v) is 9.27. The van der Waals surface area contributed by atoms with Crippen molar-refractivity contribution in [2.45, 2.75) is 166 Å². The van der Waals surface area contributed by atoms with Crippen molar-refractivity contribution < 1.29 is 53.3 Å². The maximum atomic E-state index is 14.2. The first kappa shape index (κ1) is 39.8. The number of carbonyl (C=O) groups is 1. The highest BCUT2D eigenvalue weighted by Gasteiger charge is 2.60. The molecule has 5 heterocycles. The number of fused-ring (bicyclic) bond motifs is 2. The van der Waals surface area contributed by atoms with Gasteiger partial charge in [-0.05, 0) is 62.2 Å². The van der Waals surface area contributed by atoms with E-state index >= 15 is 0 Å². The molecule has 16 atom stereocenters. The fourth-order valence-electron chi connectivity index (χ4n) is 9.27. The van der Waals surface area contributed by atoms with Crippen LogP contribution in [0.1, 0.15) is 93.4 Å². The Morgan fingerprint density at radius 2 is 1.85 bits per heavy atom. The average Bonchev–Trinajstić information content (AvgIpc) is 3.45. The molecule has 6 rings (SSSR count).